The minimum absolute atomic E-state index is 0.986. The molecule has 7 rings (SSSR count). The van der Waals surface area contributed by atoms with E-state index in [9.17, 15) is 0 Å². The lowest BCUT2D eigenvalue weighted by molar-refractivity contribution is 1.25. The summed E-state index contributed by atoms with van der Waals surface area (Å²) in [7, 11) is 0. The van der Waals surface area contributed by atoms with Gasteiger partial charge in [0, 0.05) is 23.5 Å². The number of pyridine rings is 2. The predicted octanol–water partition coefficient (Wildman–Crippen LogP) is 11.7. The first-order valence-electron chi connectivity index (χ1n) is 15.8. The Hall–Kier alpha value is -5.60. The lowest BCUT2D eigenvalue weighted by Crippen LogP contribution is -2.02. The van der Waals surface area contributed by atoms with Crippen LogP contribution in [0.15, 0.2) is 146 Å². The maximum atomic E-state index is 4.53. The summed E-state index contributed by atoms with van der Waals surface area (Å²) in [5, 5.41) is 0. The number of nitrogens with zero attached hydrogens (tertiary/aromatic N) is 2. The molecule has 0 bridgehead atoms. The first-order chi connectivity index (χ1) is 22.5. The molecule has 2 aromatic heterocycles. The fraction of sp³-hybridized carbons (Fsp3) is 0.0909. The topological polar surface area (TPSA) is 25.8 Å². The van der Waals surface area contributed by atoms with Gasteiger partial charge in [0.05, 0.1) is 11.4 Å². The van der Waals surface area contributed by atoms with Crippen molar-refractivity contribution in [2.75, 3.05) is 0 Å². The molecule has 0 saturated carbocycles. The quantitative estimate of drug-likeness (QED) is 0.192. The second-order valence-corrected chi connectivity index (χ2v) is 11.9. The third-order valence-corrected chi connectivity index (χ3v) is 9.33. The molecule has 222 valence electrons. The van der Waals surface area contributed by atoms with Crippen LogP contribution in [0.3, 0.4) is 0 Å². The first-order valence-corrected chi connectivity index (χ1v) is 15.8. The van der Waals surface area contributed by atoms with Gasteiger partial charge in [0.1, 0.15) is 0 Å². The normalized spacial score (nSPS) is 11.0. The summed E-state index contributed by atoms with van der Waals surface area (Å²) in [5.41, 5.74) is 19.5. The Kier molecular flexibility index (Phi) is 7.86. The highest BCUT2D eigenvalue weighted by Crippen LogP contribution is 2.44. The molecule has 46 heavy (non-hydrogen) atoms. The average Bonchev–Trinajstić information content (AvgIpc) is 3.12. The van der Waals surface area contributed by atoms with Crippen molar-refractivity contribution in [2.45, 2.75) is 27.7 Å². The van der Waals surface area contributed by atoms with Gasteiger partial charge in [-0.15, -0.1) is 0 Å². The van der Waals surface area contributed by atoms with Gasteiger partial charge in [-0.1, -0.05) is 109 Å². The van der Waals surface area contributed by atoms with E-state index in [0.717, 1.165) is 22.5 Å². The Bertz CT molecular complexity index is 1960. The van der Waals surface area contributed by atoms with Crippen LogP contribution in [-0.2, 0) is 0 Å². The van der Waals surface area contributed by atoms with Crippen LogP contribution in [0.2, 0.25) is 0 Å². The van der Waals surface area contributed by atoms with Gasteiger partial charge in [0.15, 0.2) is 0 Å². The average molecular weight is 593 g/mol. The number of hydrogen-bond acceptors (Lipinski definition) is 2. The van der Waals surface area contributed by atoms with Crippen molar-refractivity contribution >= 4 is 0 Å². The van der Waals surface area contributed by atoms with Crippen LogP contribution in [0, 0.1) is 27.7 Å². The molecule has 2 heteroatoms. The Morgan fingerprint density at radius 2 is 0.609 bits per heavy atom. The highest BCUT2D eigenvalue weighted by atomic mass is 14.7. The van der Waals surface area contributed by atoms with Crippen LogP contribution in [-0.4, -0.2) is 9.97 Å². The van der Waals surface area contributed by atoms with Crippen molar-refractivity contribution in [1.82, 2.24) is 9.97 Å². The molecule has 0 N–H and O–H groups in total. The summed E-state index contributed by atoms with van der Waals surface area (Å²) in [5.74, 6) is 0. The van der Waals surface area contributed by atoms with Gasteiger partial charge in [-0.2, -0.15) is 0 Å². The smallest absolute Gasteiger partial charge is 0.0701 e. The monoisotopic (exact) mass is 592 g/mol. The van der Waals surface area contributed by atoms with Gasteiger partial charge >= 0.3 is 0 Å². The van der Waals surface area contributed by atoms with Crippen LogP contribution < -0.4 is 0 Å². The summed E-state index contributed by atoms with van der Waals surface area (Å²) in [6.45, 7) is 9.13. The summed E-state index contributed by atoms with van der Waals surface area (Å²) in [6.07, 6.45) is 3.69. The number of hydrogen-bond donors (Lipinski definition) is 0. The van der Waals surface area contributed by atoms with E-state index in [1.54, 1.807) is 0 Å². The van der Waals surface area contributed by atoms with E-state index in [-0.39, 0.29) is 0 Å². The fourth-order valence-electron chi connectivity index (χ4n) is 6.73. The lowest BCUT2D eigenvalue weighted by Gasteiger charge is -2.24. The maximum absolute atomic E-state index is 4.53. The molecule has 0 spiro atoms. The van der Waals surface area contributed by atoms with Crippen LogP contribution in [0.25, 0.3) is 67.0 Å². The van der Waals surface area contributed by atoms with Gasteiger partial charge in [-0.05, 0) is 119 Å². The summed E-state index contributed by atoms with van der Waals surface area (Å²) in [4.78, 5) is 9.06. The molecule has 0 amide bonds. The predicted molar refractivity (Wildman–Crippen MR) is 194 cm³/mol. The van der Waals surface area contributed by atoms with E-state index < -0.39 is 0 Å². The van der Waals surface area contributed by atoms with Crippen molar-refractivity contribution in [2.24, 2.45) is 0 Å². The zero-order chi connectivity index (χ0) is 31.6. The van der Waals surface area contributed by atoms with E-state index in [4.69, 9.17) is 0 Å². The Morgan fingerprint density at radius 1 is 0.304 bits per heavy atom. The minimum atomic E-state index is 0.986. The summed E-state index contributed by atoms with van der Waals surface area (Å²) in [6, 6.07) is 47.3. The molecular formula is C44H36N2. The fourth-order valence-corrected chi connectivity index (χ4v) is 6.73. The second-order valence-electron chi connectivity index (χ2n) is 11.9. The van der Waals surface area contributed by atoms with Gasteiger partial charge in [0.2, 0.25) is 0 Å². The molecule has 0 aliphatic heterocycles. The van der Waals surface area contributed by atoms with Gasteiger partial charge in [-0.3, -0.25) is 9.97 Å². The Balaban J connectivity index is 1.31. The summed E-state index contributed by atoms with van der Waals surface area (Å²) >= 11 is 0. The van der Waals surface area contributed by atoms with E-state index in [1.807, 2.05) is 36.7 Å². The molecular weight excluding hydrogens is 556 g/mol. The molecule has 0 unspecified atom stereocenters. The number of benzene rings is 5. The standard InChI is InChI=1S/C44H36N2/c1-29-30(2)44(40-16-8-6-14-38(40)34-21-25-36(26-22-34)42-18-10-12-28-46-42)32(4)31(3)43(29)39-15-7-5-13-37(39)33-19-23-35(24-20-33)41-17-9-11-27-45-41/h5-28H,1-4H3. The molecule has 0 saturated heterocycles. The number of rotatable bonds is 6. The molecule has 7 aromatic rings. The van der Waals surface area contributed by atoms with E-state index in [2.05, 4.69) is 147 Å². The van der Waals surface area contributed by atoms with Crippen molar-refractivity contribution in [1.29, 1.82) is 0 Å². The largest absolute Gasteiger partial charge is 0.256 e. The molecule has 0 atom stereocenters. The van der Waals surface area contributed by atoms with Crippen molar-refractivity contribution in [3.63, 3.8) is 0 Å². The van der Waals surface area contributed by atoms with E-state index in [0.29, 0.717) is 0 Å². The Morgan fingerprint density at radius 3 is 0.935 bits per heavy atom. The third kappa shape index (κ3) is 5.33. The molecule has 0 radical (unpaired) electrons. The first kappa shape index (κ1) is 29.1. The van der Waals surface area contributed by atoms with Crippen LogP contribution in [0.5, 0.6) is 0 Å². The highest BCUT2D eigenvalue weighted by molar-refractivity contribution is 5.93. The molecule has 2 nitrogen and oxygen atoms in total. The molecule has 0 aliphatic carbocycles. The Labute approximate surface area is 272 Å². The lowest BCUT2D eigenvalue weighted by atomic mass is 9.80. The van der Waals surface area contributed by atoms with Crippen LogP contribution in [0.4, 0.5) is 0 Å². The van der Waals surface area contributed by atoms with E-state index >= 15 is 0 Å². The van der Waals surface area contributed by atoms with Crippen molar-refractivity contribution in [3.8, 4) is 67.0 Å². The zero-order valence-electron chi connectivity index (χ0n) is 26.8. The maximum Gasteiger partial charge on any atom is 0.0701 e. The van der Waals surface area contributed by atoms with Crippen molar-refractivity contribution in [3.05, 3.63) is 168 Å². The minimum Gasteiger partial charge on any atom is -0.256 e. The van der Waals surface area contributed by atoms with Gasteiger partial charge in [-0.25, -0.2) is 0 Å². The van der Waals surface area contributed by atoms with Crippen LogP contribution in [0.1, 0.15) is 22.3 Å². The highest BCUT2D eigenvalue weighted by Gasteiger charge is 2.21. The third-order valence-electron chi connectivity index (χ3n) is 9.33. The van der Waals surface area contributed by atoms with Gasteiger partial charge in [0.25, 0.3) is 0 Å². The summed E-state index contributed by atoms with van der Waals surface area (Å²) < 4.78 is 0. The van der Waals surface area contributed by atoms with Gasteiger partial charge < -0.3 is 0 Å². The zero-order valence-corrected chi connectivity index (χ0v) is 26.8. The van der Waals surface area contributed by atoms with Crippen molar-refractivity contribution < 1.29 is 0 Å². The SMILES string of the molecule is Cc1c(C)c(-c2ccccc2-c2ccc(-c3ccccn3)cc2)c(C)c(C)c1-c1ccccc1-c1ccc(-c2ccccn2)cc1. The van der Waals surface area contributed by atoms with Crippen LogP contribution >= 0.6 is 0 Å². The second kappa shape index (κ2) is 12.4. The number of aromatic nitrogens is 2. The molecule has 2 heterocycles. The van der Waals surface area contributed by atoms with E-state index in [1.165, 1.54) is 66.8 Å². The molecule has 0 fully saturated rings. The molecule has 5 aromatic carbocycles. The molecule has 0 aliphatic rings.